The summed E-state index contributed by atoms with van der Waals surface area (Å²) < 4.78 is 4.65. The fourth-order valence-corrected chi connectivity index (χ4v) is 1.45. The number of ether oxygens (including phenoxy) is 1. The van der Waals surface area contributed by atoms with Gasteiger partial charge >= 0.3 is 5.97 Å². The molecule has 0 bridgehead atoms. The van der Waals surface area contributed by atoms with Crippen LogP contribution in [-0.2, 0) is 9.53 Å². The smallest absolute Gasteiger partial charge is 0.312 e. The van der Waals surface area contributed by atoms with E-state index >= 15 is 0 Å². The van der Waals surface area contributed by atoms with Crippen LogP contribution in [0.1, 0.15) is 24.0 Å². The fourth-order valence-electron chi connectivity index (χ4n) is 1.45. The van der Waals surface area contributed by atoms with E-state index in [2.05, 4.69) is 4.74 Å². The maximum Gasteiger partial charge on any atom is 0.312 e. The Morgan fingerprint density at radius 3 is 2.64 bits per heavy atom. The Bertz CT molecular complexity index is 344. The molecule has 0 aliphatic rings. The number of phenols is 1. The number of aryl methyl sites for hydroxylation is 1. The highest BCUT2D eigenvalue weighted by atomic mass is 16.5. The third-order valence-corrected chi connectivity index (χ3v) is 2.27. The molecule has 1 atom stereocenters. The van der Waals surface area contributed by atoms with Crippen molar-refractivity contribution in [1.82, 2.24) is 0 Å². The lowest BCUT2D eigenvalue weighted by Crippen LogP contribution is -2.11. The van der Waals surface area contributed by atoms with Crippen molar-refractivity contribution in [2.45, 2.75) is 19.8 Å². The molecule has 0 spiro atoms. The summed E-state index contributed by atoms with van der Waals surface area (Å²) in [6.45, 7) is 3.64. The number of benzene rings is 1. The highest BCUT2D eigenvalue weighted by Gasteiger charge is 2.17. The molecule has 76 valence electrons. The van der Waals surface area contributed by atoms with Gasteiger partial charge in [-0.1, -0.05) is 6.07 Å². The van der Waals surface area contributed by atoms with Crippen molar-refractivity contribution in [1.29, 1.82) is 0 Å². The summed E-state index contributed by atoms with van der Waals surface area (Å²) in [5, 5.41) is 9.20. The van der Waals surface area contributed by atoms with E-state index in [1.807, 2.05) is 6.92 Å². The molecule has 0 aliphatic heterocycles. The van der Waals surface area contributed by atoms with Crippen LogP contribution in [0.3, 0.4) is 0 Å². The summed E-state index contributed by atoms with van der Waals surface area (Å²) in [4.78, 5) is 11.3. The van der Waals surface area contributed by atoms with Crippen molar-refractivity contribution >= 4 is 5.97 Å². The van der Waals surface area contributed by atoms with E-state index in [9.17, 15) is 9.90 Å². The molecule has 0 aliphatic carbocycles. The molecule has 1 N–H and O–H groups in total. The Morgan fingerprint density at radius 1 is 1.50 bits per heavy atom. The first-order valence-corrected chi connectivity index (χ1v) is 4.43. The van der Waals surface area contributed by atoms with Gasteiger partial charge in [0, 0.05) is 0 Å². The zero-order valence-electron chi connectivity index (χ0n) is 8.57. The highest BCUT2D eigenvalue weighted by molar-refractivity contribution is 5.78. The van der Waals surface area contributed by atoms with Crippen LogP contribution in [0.25, 0.3) is 0 Å². The van der Waals surface area contributed by atoms with Gasteiger partial charge in [-0.3, -0.25) is 4.79 Å². The summed E-state index contributed by atoms with van der Waals surface area (Å²) in [6, 6.07) is 4.95. The molecule has 0 radical (unpaired) electrons. The first kappa shape index (κ1) is 10.6. The lowest BCUT2D eigenvalue weighted by Gasteiger charge is -2.12. The SMILES string of the molecule is COC(=O)C(C)c1ccc(O)cc1C. The molecule has 0 fully saturated rings. The van der Waals surface area contributed by atoms with Crippen LogP contribution in [0.2, 0.25) is 0 Å². The molecule has 0 saturated carbocycles. The van der Waals surface area contributed by atoms with Gasteiger partial charge in [0.1, 0.15) is 5.75 Å². The number of phenolic OH excluding ortho intramolecular Hbond substituents is 1. The minimum atomic E-state index is -0.291. The van der Waals surface area contributed by atoms with Crippen LogP contribution < -0.4 is 0 Å². The van der Waals surface area contributed by atoms with Gasteiger partial charge in [0.25, 0.3) is 0 Å². The third-order valence-electron chi connectivity index (χ3n) is 2.27. The van der Waals surface area contributed by atoms with Crippen molar-refractivity contribution in [2.24, 2.45) is 0 Å². The summed E-state index contributed by atoms with van der Waals surface area (Å²) in [6.07, 6.45) is 0. The second-order valence-corrected chi connectivity index (χ2v) is 3.29. The van der Waals surface area contributed by atoms with E-state index in [1.54, 1.807) is 25.1 Å². The number of carbonyl (C=O) groups is 1. The molecular weight excluding hydrogens is 180 g/mol. The second-order valence-electron chi connectivity index (χ2n) is 3.29. The number of hydrogen-bond acceptors (Lipinski definition) is 3. The minimum absolute atomic E-state index is 0.211. The zero-order valence-corrected chi connectivity index (χ0v) is 8.57. The average Bonchev–Trinajstić information content (AvgIpc) is 2.15. The van der Waals surface area contributed by atoms with Gasteiger partial charge in [-0.25, -0.2) is 0 Å². The number of esters is 1. The van der Waals surface area contributed by atoms with Crippen LogP contribution in [0.15, 0.2) is 18.2 Å². The standard InChI is InChI=1S/C11H14O3/c1-7-6-9(12)4-5-10(7)8(2)11(13)14-3/h4-6,8,12H,1-3H3. The largest absolute Gasteiger partial charge is 0.508 e. The second kappa shape index (κ2) is 4.13. The lowest BCUT2D eigenvalue weighted by molar-refractivity contribution is -0.142. The Morgan fingerprint density at radius 2 is 2.14 bits per heavy atom. The van der Waals surface area contributed by atoms with Crippen LogP contribution in [0.4, 0.5) is 0 Å². The Labute approximate surface area is 83.3 Å². The molecule has 0 heterocycles. The Hall–Kier alpha value is -1.51. The van der Waals surface area contributed by atoms with Gasteiger partial charge < -0.3 is 9.84 Å². The minimum Gasteiger partial charge on any atom is -0.508 e. The van der Waals surface area contributed by atoms with Crippen molar-refractivity contribution in [3.63, 3.8) is 0 Å². The van der Waals surface area contributed by atoms with Gasteiger partial charge in [0.2, 0.25) is 0 Å². The molecule has 1 aromatic carbocycles. The first-order valence-electron chi connectivity index (χ1n) is 4.43. The zero-order chi connectivity index (χ0) is 10.7. The molecule has 3 nitrogen and oxygen atoms in total. The van der Waals surface area contributed by atoms with E-state index in [1.165, 1.54) is 7.11 Å². The number of methoxy groups -OCH3 is 1. The van der Waals surface area contributed by atoms with E-state index in [-0.39, 0.29) is 17.6 Å². The third kappa shape index (κ3) is 2.05. The van der Waals surface area contributed by atoms with Crippen molar-refractivity contribution in [2.75, 3.05) is 7.11 Å². The normalized spacial score (nSPS) is 12.2. The average molecular weight is 194 g/mol. The van der Waals surface area contributed by atoms with Gasteiger partial charge in [-0.15, -0.1) is 0 Å². The molecule has 1 rings (SSSR count). The molecule has 14 heavy (non-hydrogen) atoms. The first-order chi connectivity index (χ1) is 6.56. The molecule has 1 unspecified atom stereocenters. The molecule has 0 aromatic heterocycles. The Kier molecular flexibility index (Phi) is 3.12. The maximum atomic E-state index is 11.3. The predicted octanol–water partition coefficient (Wildman–Crippen LogP) is 1.98. The summed E-state index contributed by atoms with van der Waals surface area (Å²) in [7, 11) is 1.37. The topological polar surface area (TPSA) is 46.5 Å². The maximum absolute atomic E-state index is 11.3. The summed E-state index contributed by atoms with van der Waals surface area (Å²) in [5.41, 5.74) is 1.78. The highest BCUT2D eigenvalue weighted by Crippen LogP contribution is 2.23. The molecule has 0 amide bonds. The van der Waals surface area contributed by atoms with Crippen LogP contribution >= 0.6 is 0 Å². The lowest BCUT2D eigenvalue weighted by atomic mass is 9.96. The van der Waals surface area contributed by atoms with Gasteiger partial charge in [0.05, 0.1) is 13.0 Å². The quantitative estimate of drug-likeness (QED) is 0.732. The number of hydrogen-bond donors (Lipinski definition) is 1. The van der Waals surface area contributed by atoms with Crippen molar-refractivity contribution in [3.8, 4) is 5.75 Å². The van der Waals surface area contributed by atoms with Crippen LogP contribution in [0, 0.1) is 6.92 Å². The summed E-state index contributed by atoms with van der Waals surface area (Å²) >= 11 is 0. The van der Waals surface area contributed by atoms with Crippen molar-refractivity contribution < 1.29 is 14.6 Å². The Balaban J connectivity index is 3.01. The van der Waals surface area contributed by atoms with E-state index < -0.39 is 0 Å². The van der Waals surface area contributed by atoms with E-state index in [0.717, 1.165) is 11.1 Å². The van der Waals surface area contributed by atoms with E-state index in [4.69, 9.17) is 0 Å². The number of aromatic hydroxyl groups is 1. The van der Waals surface area contributed by atoms with Crippen LogP contribution in [-0.4, -0.2) is 18.2 Å². The summed E-state index contributed by atoms with van der Waals surface area (Å²) in [5.74, 6) is -0.345. The van der Waals surface area contributed by atoms with E-state index in [0.29, 0.717) is 0 Å². The van der Waals surface area contributed by atoms with Gasteiger partial charge in [0.15, 0.2) is 0 Å². The molecule has 1 aromatic rings. The van der Waals surface area contributed by atoms with Gasteiger partial charge in [-0.2, -0.15) is 0 Å². The van der Waals surface area contributed by atoms with Crippen molar-refractivity contribution in [3.05, 3.63) is 29.3 Å². The predicted molar refractivity (Wildman–Crippen MR) is 53.3 cm³/mol. The number of rotatable bonds is 2. The molecule has 3 heteroatoms. The fraction of sp³-hybridized carbons (Fsp3) is 0.364. The molecule has 0 saturated heterocycles. The molecular formula is C11H14O3. The monoisotopic (exact) mass is 194 g/mol. The van der Waals surface area contributed by atoms with Crippen LogP contribution in [0.5, 0.6) is 5.75 Å². The number of carbonyl (C=O) groups excluding carboxylic acids is 1. The van der Waals surface area contributed by atoms with Gasteiger partial charge in [-0.05, 0) is 37.1 Å².